The Labute approximate surface area is 102 Å². The molecule has 1 aromatic rings. The fraction of sp³-hybridized carbons (Fsp3) is 0.571. The molecule has 0 radical (unpaired) electrons. The quantitative estimate of drug-likeness (QED) is 0.666. The van der Waals surface area contributed by atoms with Crippen molar-refractivity contribution in [3.63, 3.8) is 0 Å². The molecule has 84 valence electrons. The molecule has 0 aromatic heterocycles. The van der Waals surface area contributed by atoms with Gasteiger partial charge in [-0.2, -0.15) is 0 Å². The molecule has 0 amide bonds. The second-order valence-electron chi connectivity index (χ2n) is 4.57. The molecule has 1 unspecified atom stereocenters. The molecule has 0 N–H and O–H groups in total. The zero-order valence-corrected chi connectivity index (χ0v) is 11.5. The van der Waals surface area contributed by atoms with Crippen LogP contribution in [0.4, 0.5) is 0 Å². The SMILES string of the molecule is CC(Br)CCCc1ccc(C(C)C)cc1. The van der Waals surface area contributed by atoms with E-state index in [4.69, 9.17) is 0 Å². The van der Waals surface area contributed by atoms with Crippen molar-refractivity contribution in [3.05, 3.63) is 35.4 Å². The monoisotopic (exact) mass is 268 g/mol. The molecule has 0 nitrogen and oxygen atoms in total. The highest BCUT2D eigenvalue weighted by molar-refractivity contribution is 9.09. The first-order valence-corrected chi connectivity index (χ1v) is 6.74. The fourth-order valence-corrected chi connectivity index (χ4v) is 1.98. The second-order valence-corrected chi connectivity index (χ2v) is 6.13. The van der Waals surface area contributed by atoms with Gasteiger partial charge in [0.2, 0.25) is 0 Å². The maximum absolute atomic E-state index is 3.58. The molecule has 1 aromatic carbocycles. The molecule has 0 spiro atoms. The van der Waals surface area contributed by atoms with E-state index in [2.05, 4.69) is 61.0 Å². The van der Waals surface area contributed by atoms with E-state index in [1.807, 2.05) is 0 Å². The summed E-state index contributed by atoms with van der Waals surface area (Å²) in [5.41, 5.74) is 2.90. The highest BCUT2D eigenvalue weighted by atomic mass is 79.9. The van der Waals surface area contributed by atoms with E-state index in [1.165, 1.54) is 30.4 Å². The highest BCUT2D eigenvalue weighted by Crippen LogP contribution is 2.16. The molecular weight excluding hydrogens is 248 g/mol. The normalized spacial score (nSPS) is 13.1. The Balaban J connectivity index is 2.43. The van der Waals surface area contributed by atoms with Gasteiger partial charge in [0.15, 0.2) is 0 Å². The fourth-order valence-electron chi connectivity index (χ4n) is 1.66. The molecule has 0 bridgehead atoms. The van der Waals surface area contributed by atoms with Gasteiger partial charge < -0.3 is 0 Å². The third kappa shape index (κ3) is 4.83. The summed E-state index contributed by atoms with van der Waals surface area (Å²) >= 11 is 3.58. The number of benzene rings is 1. The van der Waals surface area contributed by atoms with Crippen molar-refractivity contribution in [1.82, 2.24) is 0 Å². The number of halogens is 1. The van der Waals surface area contributed by atoms with Gasteiger partial charge in [0.1, 0.15) is 0 Å². The van der Waals surface area contributed by atoms with Crippen LogP contribution in [0.2, 0.25) is 0 Å². The Morgan fingerprint density at radius 2 is 1.67 bits per heavy atom. The zero-order chi connectivity index (χ0) is 11.3. The Morgan fingerprint density at radius 3 is 2.13 bits per heavy atom. The topological polar surface area (TPSA) is 0 Å². The summed E-state index contributed by atoms with van der Waals surface area (Å²) in [5.74, 6) is 0.640. The number of alkyl halides is 1. The van der Waals surface area contributed by atoms with Crippen LogP contribution in [0.3, 0.4) is 0 Å². The lowest BCUT2D eigenvalue weighted by Gasteiger charge is -2.07. The van der Waals surface area contributed by atoms with Crippen molar-refractivity contribution in [1.29, 1.82) is 0 Å². The standard InChI is InChI=1S/C14H21Br/c1-11(2)14-9-7-13(8-10-14)6-4-5-12(3)15/h7-12H,4-6H2,1-3H3. The molecule has 0 heterocycles. The average Bonchev–Trinajstić information content (AvgIpc) is 2.18. The van der Waals surface area contributed by atoms with Gasteiger partial charge in [0.05, 0.1) is 0 Å². The van der Waals surface area contributed by atoms with Gasteiger partial charge in [-0.1, -0.05) is 61.0 Å². The van der Waals surface area contributed by atoms with Gasteiger partial charge in [-0.3, -0.25) is 0 Å². The van der Waals surface area contributed by atoms with Crippen LogP contribution in [0.5, 0.6) is 0 Å². The van der Waals surface area contributed by atoms with Gasteiger partial charge in [-0.15, -0.1) is 0 Å². The van der Waals surface area contributed by atoms with E-state index in [1.54, 1.807) is 0 Å². The predicted molar refractivity (Wildman–Crippen MR) is 71.9 cm³/mol. The van der Waals surface area contributed by atoms with Gasteiger partial charge in [-0.05, 0) is 36.3 Å². The van der Waals surface area contributed by atoms with Crippen molar-refractivity contribution >= 4 is 15.9 Å². The minimum Gasteiger partial charge on any atom is -0.0894 e. The Morgan fingerprint density at radius 1 is 1.07 bits per heavy atom. The molecule has 0 aliphatic heterocycles. The van der Waals surface area contributed by atoms with Crippen molar-refractivity contribution in [2.75, 3.05) is 0 Å². The zero-order valence-electron chi connectivity index (χ0n) is 9.96. The van der Waals surface area contributed by atoms with Crippen molar-refractivity contribution in [2.45, 2.75) is 50.8 Å². The molecule has 0 saturated heterocycles. The van der Waals surface area contributed by atoms with E-state index < -0.39 is 0 Å². The summed E-state index contributed by atoms with van der Waals surface area (Å²) in [4.78, 5) is 0.646. The molecule has 0 aliphatic rings. The Bertz CT molecular complexity index is 272. The predicted octanol–water partition coefficient (Wildman–Crippen LogP) is 4.92. The highest BCUT2D eigenvalue weighted by Gasteiger charge is 2.00. The lowest BCUT2D eigenvalue weighted by atomic mass is 10.00. The van der Waals surface area contributed by atoms with Gasteiger partial charge >= 0.3 is 0 Å². The number of hydrogen-bond acceptors (Lipinski definition) is 0. The van der Waals surface area contributed by atoms with Crippen LogP contribution in [0.25, 0.3) is 0 Å². The number of rotatable bonds is 5. The minimum atomic E-state index is 0.640. The summed E-state index contributed by atoms with van der Waals surface area (Å²) < 4.78 is 0. The molecule has 1 atom stereocenters. The van der Waals surface area contributed by atoms with Crippen LogP contribution in [0.1, 0.15) is 50.7 Å². The first kappa shape index (κ1) is 12.8. The Hall–Kier alpha value is -0.300. The first-order chi connectivity index (χ1) is 7.09. The van der Waals surface area contributed by atoms with Crippen LogP contribution >= 0.6 is 15.9 Å². The third-order valence-electron chi connectivity index (χ3n) is 2.71. The van der Waals surface area contributed by atoms with Crippen LogP contribution in [-0.2, 0) is 6.42 Å². The molecule has 0 aliphatic carbocycles. The summed E-state index contributed by atoms with van der Waals surface area (Å²) in [5, 5.41) is 0. The average molecular weight is 269 g/mol. The van der Waals surface area contributed by atoms with E-state index in [0.717, 1.165) is 0 Å². The van der Waals surface area contributed by atoms with Gasteiger partial charge in [0, 0.05) is 4.83 Å². The summed E-state index contributed by atoms with van der Waals surface area (Å²) in [6.07, 6.45) is 3.73. The van der Waals surface area contributed by atoms with Crippen LogP contribution < -0.4 is 0 Å². The first-order valence-electron chi connectivity index (χ1n) is 5.82. The molecule has 0 fully saturated rings. The largest absolute Gasteiger partial charge is 0.0894 e. The maximum atomic E-state index is 3.58. The van der Waals surface area contributed by atoms with Gasteiger partial charge in [0.25, 0.3) is 0 Å². The van der Waals surface area contributed by atoms with E-state index in [0.29, 0.717) is 10.7 Å². The van der Waals surface area contributed by atoms with Crippen molar-refractivity contribution < 1.29 is 0 Å². The van der Waals surface area contributed by atoms with Crippen LogP contribution in [-0.4, -0.2) is 4.83 Å². The van der Waals surface area contributed by atoms with Gasteiger partial charge in [-0.25, -0.2) is 0 Å². The third-order valence-corrected chi connectivity index (χ3v) is 3.17. The molecular formula is C14H21Br. The van der Waals surface area contributed by atoms with Crippen molar-refractivity contribution in [3.8, 4) is 0 Å². The van der Waals surface area contributed by atoms with E-state index in [9.17, 15) is 0 Å². The summed E-state index contributed by atoms with van der Waals surface area (Å²) in [7, 11) is 0. The smallest absolute Gasteiger partial charge is 0.0117 e. The molecule has 1 rings (SSSR count). The van der Waals surface area contributed by atoms with E-state index >= 15 is 0 Å². The van der Waals surface area contributed by atoms with E-state index in [-0.39, 0.29) is 0 Å². The Kier molecular flexibility index (Phi) is 5.38. The van der Waals surface area contributed by atoms with Crippen molar-refractivity contribution in [2.24, 2.45) is 0 Å². The second kappa shape index (κ2) is 6.32. The number of aryl methyl sites for hydroxylation is 1. The van der Waals surface area contributed by atoms with Crippen LogP contribution in [0, 0.1) is 0 Å². The summed E-state index contributed by atoms with van der Waals surface area (Å²) in [6.45, 7) is 6.69. The lowest BCUT2D eigenvalue weighted by molar-refractivity contribution is 0.735. The lowest BCUT2D eigenvalue weighted by Crippen LogP contribution is -1.93. The van der Waals surface area contributed by atoms with Crippen LogP contribution in [0.15, 0.2) is 24.3 Å². The molecule has 0 saturated carbocycles. The summed E-state index contributed by atoms with van der Waals surface area (Å²) in [6, 6.07) is 9.07. The molecule has 1 heteroatoms. The molecule has 15 heavy (non-hydrogen) atoms. The maximum Gasteiger partial charge on any atom is 0.0117 e. The minimum absolute atomic E-state index is 0.640. The number of hydrogen-bond donors (Lipinski definition) is 0.